The van der Waals surface area contributed by atoms with Crippen molar-refractivity contribution in [2.75, 3.05) is 33.7 Å². The van der Waals surface area contributed by atoms with Crippen LogP contribution in [0.15, 0.2) is 24.3 Å². The predicted octanol–water partition coefficient (Wildman–Crippen LogP) is 5.97. The van der Waals surface area contributed by atoms with Gasteiger partial charge in [0.1, 0.15) is 11.6 Å². The number of rotatable bonds is 19. The molecule has 0 saturated carbocycles. The van der Waals surface area contributed by atoms with Crippen LogP contribution in [0.4, 0.5) is 4.79 Å². The van der Waals surface area contributed by atoms with Gasteiger partial charge < -0.3 is 20.3 Å². The standard InChI is InChI=1S/C32H58N4O4/c1-7-8-9-10-11-12-13-14-15-16-17-18-19-20-21-22-29(37)34-27-25-28(30(38)33-23-24-35(5)6)36(26-27)31(39)40-32(2,3)4/h11-12,14-15,27-28H,7-10,13,16-26H2,1-6H3,(H,33,38)(H,34,37)/b12-11-,15-14-/t27-,28-/m0/s1. The molecule has 1 aliphatic rings. The molecule has 0 spiro atoms. The molecule has 2 N–H and O–H groups in total. The minimum absolute atomic E-state index is 0.0199. The molecule has 0 radical (unpaired) electrons. The maximum absolute atomic E-state index is 12.9. The molecule has 0 bridgehead atoms. The third-order valence-electron chi connectivity index (χ3n) is 6.81. The second kappa shape index (κ2) is 20.5. The molecule has 8 nitrogen and oxygen atoms in total. The summed E-state index contributed by atoms with van der Waals surface area (Å²) in [6.45, 7) is 9.12. The van der Waals surface area contributed by atoms with Crippen molar-refractivity contribution >= 4 is 17.9 Å². The fourth-order valence-corrected chi connectivity index (χ4v) is 4.63. The quantitative estimate of drug-likeness (QED) is 0.149. The lowest BCUT2D eigenvalue weighted by molar-refractivity contribution is -0.125. The Morgan fingerprint density at radius 3 is 2.17 bits per heavy atom. The summed E-state index contributed by atoms with van der Waals surface area (Å²) in [5.41, 5.74) is -0.661. The highest BCUT2D eigenvalue weighted by molar-refractivity contribution is 5.87. The van der Waals surface area contributed by atoms with Crippen LogP contribution in [0, 0.1) is 0 Å². The number of carbonyl (C=O) groups excluding carboxylic acids is 3. The molecule has 2 atom stereocenters. The van der Waals surface area contributed by atoms with Gasteiger partial charge in [0.2, 0.25) is 11.8 Å². The van der Waals surface area contributed by atoms with Crippen LogP contribution < -0.4 is 10.6 Å². The van der Waals surface area contributed by atoms with Crippen molar-refractivity contribution in [1.82, 2.24) is 20.4 Å². The molecule has 230 valence electrons. The van der Waals surface area contributed by atoms with Crippen molar-refractivity contribution < 1.29 is 19.1 Å². The predicted molar refractivity (Wildman–Crippen MR) is 164 cm³/mol. The van der Waals surface area contributed by atoms with E-state index >= 15 is 0 Å². The zero-order valence-electron chi connectivity index (χ0n) is 26.3. The summed E-state index contributed by atoms with van der Waals surface area (Å²) in [6.07, 6.45) is 22.0. The fourth-order valence-electron chi connectivity index (χ4n) is 4.63. The molecule has 0 aromatic carbocycles. The number of nitrogens with one attached hydrogen (secondary N) is 2. The molecule has 1 saturated heterocycles. The van der Waals surface area contributed by atoms with Gasteiger partial charge in [-0.1, -0.05) is 63.3 Å². The van der Waals surface area contributed by atoms with Crippen LogP contribution >= 0.6 is 0 Å². The number of carbonyl (C=O) groups is 3. The highest BCUT2D eigenvalue weighted by Gasteiger charge is 2.41. The first-order valence-corrected chi connectivity index (χ1v) is 15.5. The Kier molecular flexibility index (Phi) is 18.3. The minimum atomic E-state index is -0.661. The van der Waals surface area contributed by atoms with Crippen molar-refractivity contribution in [1.29, 1.82) is 0 Å². The first-order valence-electron chi connectivity index (χ1n) is 15.5. The molecule has 0 aliphatic carbocycles. The normalized spacial score (nSPS) is 17.7. The molecule has 3 amide bonds. The van der Waals surface area contributed by atoms with E-state index < -0.39 is 17.7 Å². The third-order valence-corrected chi connectivity index (χ3v) is 6.81. The summed E-state index contributed by atoms with van der Waals surface area (Å²) < 4.78 is 5.54. The largest absolute Gasteiger partial charge is 0.444 e. The van der Waals surface area contributed by atoms with Gasteiger partial charge in [-0.25, -0.2) is 4.79 Å². The van der Waals surface area contributed by atoms with Crippen LogP contribution in [0.3, 0.4) is 0 Å². The van der Waals surface area contributed by atoms with E-state index in [1.165, 1.54) is 43.4 Å². The van der Waals surface area contributed by atoms with E-state index in [0.29, 0.717) is 25.9 Å². The Morgan fingerprint density at radius 2 is 1.55 bits per heavy atom. The topological polar surface area (TPSA) is 91.0 Å². The van der Waals surface area contributed by atoms with E-state index in [1.807, 2.05) is 19.0 Å². The first kappa shape index (κ1) is 35.7. The van der Waals surface area contributed by atoms with Crippen LogP contribution in [0.2, 0.25) is 0 Å². The molecule has 40 heavy (non-hydrogen) atoms. The fraction of sp³-hybridized carbons (Fsp3) is 0.781. The second-order valence-electron chi connectivity index (χ2n) is 12.2. The maximum atomic E-state index is 12.9. The zero-order chi connectivity index (χ0) is 29.8. The van der Waals surface area contributed by atoms with Gasteiger partial charge in [-0.05, 0) is 79.8 Å². The van der Waals surface area contributed by atoms with Crippen molar-refractivity contribution in [2.24, 2.45) is 0 Å². The smallest absolute Gasteiger partial charge is 0.411 e. The number of likely N-dealkylation sites (tertiary alicyclic amines) is 1. The molecule has 1 heterocycles. The number of likely N-dealkylation sites (N-methyl/N-ethyl adjacent to an activating group) is 1. The number of amides is 3. The van der Waals surface area contributed by atoms with E-state index in [9.17, 15) is 14.4 Å². The van der Waals surface area contributed by atoms with E-state index in [4.69, 9.17) is 4.74 Å². The first-order chi connectivity index (χ1) is 19.0. The van der Waals surface area contributed by atoms with Gasteiger partial charge in [0, 0.05) is 32.1 Å². The van der Waals surface area contributed by atoms with Crippen molar-refractivity contribution in [3.8, 4) is 0 Å². The Morgan fingerprint density at radius 1 is 0.925 bits per heavy atom. The van der Waals surface area contributed by atoms with Gasteiger partial charge in [0.05, 0.1) is 0 Å². The monoisotopic (exact) mass is 562 g/mol. The Balaban J connectivity index is 2.31. The molecule has 0 aromatic rings. The van der Waals surface area contributed by atoms with Gasteiger partial charge in [-0.2, -0.15) is 0 Å². The molecular formula is C32H58N4O4. The van der Waals surface area contributed by atoms with Crippen molar-refractivity contribution in [2.45, 2.75) is 129 Å². The summed E-state index contributed by atoms with van der Waals surface area (Å²) >= 11 is 0. The van der Waals surface area contributed by atoms with Gasteiger partial charge >= 0.3 is 6.09 Å². The number of unbranched alkanes of at least 4 members (excludes halogenated alkanes) is 8. The average Bonchev–Trinajstić information content (AvgIpc) is 3.29. The number of allylic oxidation sites excluding steroid dienone is 4. The van der Waals surface area contributed by atoms with Gasteiger partial charge in [-0.3, -0.25) is 14.5 Å². The summed E-state index contributed by atoms with van der Waals surface area (Å²) in [5.74, 6) is -0.230. The molecule has 1 fully saturated rings. The van der Waals surface area contributed by atoms with Crippen molar-refractivity contribution in [3.05, 3.63) is 24.3 Å². The lowest BCUT2D eigenvalue weighted by atomic mass is 10.1. The van der Waals surface area contributed by atoms with E-state index in [0.717, 1.165) is 32.1 Å². The number of nitrogens with zero attached hydrogens (tertiary/aromatic N) is 2. The van der Waals surface area contributed by atoms with Crippen LogP contribution in [-0.2, 0) is 14.3 Å². The summed E-state index contributed by atoms with van der Waals surface area (Å²) in [4.78, 5) is 41.7. The van der Waals surface area contributed by atoms with E-state index in [1.54, 1.807) is 20.8 Å². The number of hydrogen-bond donors (Lipinski definition) is 2. The summed E-state index contributed by atoms with van der Waals surface area (Å²) in [5, 5.41) is 5.96. The van der Waals surface area contributed by atoms with Crippen LogP contribution in [-0.4, -0.2) is 79.1 Å². The summed E-state index contributed by atoms with van der Waals surface area (Å²) in [6, 6.07) is -0.916. The zero-order valence-corrected chi connectivity index (χ0v) is 26.3. The second-order valence-corrected chi connectivity index (χ2v) is 12.2. The average molecular weight is 563 g/mol. The van der Waals surface area contributed by atoms with Crippen LogP contribution in [0.5, 0.6) is 0 Å². The number of ether oxygens (including phenoxy) is 1. The van der Waals surface area contributed by atoms with Gasteiger partial charge in [-0.15, -0.1) is 0 Å². The van der Waals surface area contributed by atoms with Crippen molar-refractivity contribution in [3.63, 3.8) is 0 Å². The lowest BCUT2D eigenvalue weighted by Gasteiger charge is -2.28. The highest BCUT2D eigenvalue weighted by Crippen LogP contribution is 2.22. The molecule has 0 aromatic heterocycles. The third kappa shape index (κ3) is 17.4. The molecular weight excluding hydrogens is 504 g/mol. The SMILES string of the molecule is CCCCC/C=C\C/C=C\CCCCCCCC(=O)N[C@H]1C[C@@H](C(=O)NCCN(C)C)N(C(=O)OC(C)(C)C)C1. The molecule has 1 rings (SSSR count). The Labute approximate surface area is 244 Å². The van der Waals surface area contributed by atoms with Crippen LogP contribution in [0.1, 0.15) is 111 Å². The van der Waals surface area contributed by atoms with Gasteiger partial charge in [0.25, 0.3) is 0 Å². The highest BCUT2D eigenvalue weighted by atomic mass is 16.6. The minimum Gasteiger partial charge on any atom is -0.444 e. The molecule has 8 heteroatoms. The Bertz CT molecular complexity index is 788. The van der Waals surface area contributed by atoms with E-state index in [-0.39, 0.29) is 24.4 Å². The summed E-state index contributed by atoms with van der Waals surface area (Å²) in [7, 11) is 3.88. The molecule has 0 unspecified atom stereocenters. The Hall–Kier alpha value is -2.35. The van der Waals surface area contributed by atoms with E-state index in [2.05, 4.69) is 41.9 Å². The maximum Gasteiger partial charge on any atom is 0.411 e. The molecule has 1 aliphatic heterocycles. The number of hydrogen-bond acceptors (Lipinski definition) is 5. The van der Waals surface area contributed by atoms with Gasteiger partial charge in [0.15, 0.2) is 0 Å². The lowest BCUT2D eigenvalue weighted by Crippen LogP contribution is -2.48. The van der Waals surface area contributed by atoms with Crippen LogP contribution in [0.25, 0.3) is 0 Å².